The van der Waals surface area contributed by atoms with E-state index in [1.807, 2.05) is 36.7 Å². The summed E-state index contributed by atoms with van der Waals surface area (Å²) in [6.45, 7) is 1.34. The van der Waals surface area contributed by atoms with Crippen molar-refractivity contribution in [2.24, 2.45) is 0 Å². The molecule has 0 saturated carbocycles. The summed E-state index contributed by atoms with van der Waals surface area (Å²) < 4.78 is 6.86. The molecule has 1 N–H and O–H groups in total. The molecule has 17 heavy (non-hydrogen) atoms. The van der Waals surface area contributed by atoms with Gasteiger partial charge in [0.05, 0.1) is 5.69 Å². The van der Waals surface area contributed by atoms with Crippen molar-refractivity contribution in [2.45, 2.75) is 13.2 Å². The maximum absolute atomic E-state index is 5.68. The second-order valence-electron chi connectivity index (χ2n) is 3.51. The fraction of sp³-hybridized carbons (Fsp3) is 0.250. The fourth-order valence-corrected chi connectivity index (χ4v) is 2.67. The zero-order valence-corrected chi connectivity index (χ0v) is 12.4. The molecule has 3 nitrogen and oxygen atoms in total. The molecule has 1 aromatic heterocycles. The van der Waals surface area contributed by atoms with Crippen molar-refractivity contribution in [1.82, 2.24) is 10.3 Å². The molecule has 0 aliphatic carbocycles. The van der Waals surface area contributed by atoms with E-state index in [4.69, 9.17) is 4.74 Å². The number of hydrogen-bond donors (Lipinski definition) is 1. The molecule has 0 unspecified atom stereocenters. The zero-order chi connectivity index (χ0) is 12.1. The quantitative estimate of drug-likeness (QED) is 0.833. The molecule has 0 atom stereocenters. The molecular formula is C12H13IN2OS. The van der Waals surface area contributed by atoms with Crippen molar-refractivity contribution in [2.75, 3.05) is 7.05 Å². The van der Waals surface area contributed by atoms with Gasteiger partial charge in [-0.1, -0.05) is 6.07 Å². The van der Waals surface area contributed by atoms with Gasteiger partial charge >= 0.3 is 0 Å². The molecule has 0 aliphatic heterocycles. The predicted molar refractivity (Wildman–Crippen MR) is 78.4 cm³/mol. The van der Waals surface area contributed by atoms with Crippen molar-refractivity contribution in [3.05, 3.63) is 43.9 Å². The number of hydrogen-bond acceptors (Lipinski definition) is 4. The Hall–Kier alpha value is -0.660. The van der Waals surface area contributed by atoms with E-state index in [2.05, 4.69) is 32.9 Å². The van der Waals surface area contributed by atoms with E-state index in [-0.39, 0.29) is 0 Å². The normalized spacial score (nSPS) is 10.5. The summed E-state index contributed by atoms with van der Waals surface area (Å²) in [7, 11) is 1.92. The van der Waals surface area contributed by atoms with E-state index in [1.54, 1.807) is 11.3 Å². The molecule has 0 radical (unpaired) electrons. The van der Waals surface area contributed by atoms with Crippen LogP contribution in [0.25, 0.3) is 0 Å². The molecule has 2 aromatic rings. The van der Waals surface area contributed by atoms with Gasteiger partial charge in [0.1, 0.15) is 17.4 Å². The number of nitrogens with one attached hydrogen (secondary N) is 1. The fourth-order valence-electron chi connectivity index (χ4n) is 1.36. The van der Waals surface area contributed by atoms with Gasteiger partial charge in [-0.05, 0) is 47.8 Å². The average molecular weight is 360 g/mol. The molecule has 0 amide bonds. The summed E-state index contributed by atoms with van der Waals surface area (Å²) in [4.78, 5) is 4.47. The van der Waals surface area contributed by atoms with Gasteiger partial charge in [-0.15, -0.1) is 11.3 Å². The van der Waals surface area contributed by atoms with Crippen LogP contribution >= 0.6 is 33.9 Å². The highest BCUT2D eigenvalue weighted by molar-refractivity contribution is 14.1. The number of thiazole rings is 1. The van der Waals surface area contributed by atoms with Crippen LogP contribution in [0.3, 0.4) is 0 Å². The average Bonchev–Trinajstić information content (AvgIpc) is 2.75. The molecule has 5 heteroatoms. The highest BCUT2D eigenvalue weighted by atomic mass is 127. The molecule has 0 bridgehead atoms. The van der Waals surface area contributed by atoms with Crippen molar-refractivity contribution in [1.29, 1.82) is 0 Å². The Balaban J connectivity index is 1.93. The predicted octanol–water partition coefficient (Wildman–Crippen LogP) is 3.05. The van der Waals surface area contributed by atoms with Crippen molar-refractivity contribution >= 4 is 33.9 Å². The first-order valence-corrected chi connectivity index (χ1v) is 7.20. The molecule has 0 fully saturated rings. The monoisotopic (exact) mass is 360 g/mol. The van der Waals surface area contributed by atoms with Crippen LogP contribution in [0.4, 0.5) is 0 Å². The lowest BCUT2D eigenvalue weighted by Gasteiger charge is -2.04. The third-order valence-corrected chi connectivity index (χ3v) is 3.68. The number of ether oxygens (including phenoxy) is 1. The van der Waals surface area contributed by atoms with Gasteiger partial charge in [0.25, 0.3) is 0 Å². The smallest absolute Gasteiger partial charge is 0.131 e. The third kappa shape index (κ3) is 3.93. The number of benzene rings is 1. The van der Waals surface area contributed by atoms with Crippen molar-refractivity contribution in [3.8, 4) is 5.75 Å². The van der Waals surface area contributed by atoms with Gasteiger partial charge in [-0.2, -0.15) is 0 Å². The Kier molecular flexibility index (Phi) is 4.75. The molecule has 1 heterocycles. The van der Waals surface area contributed by atoms with Crippen LogP contribution in [0.15, 0.2) is 29.6 Å². The lowest BCUT2D eigenvalue weighted by Crippen LogP contribution is -2.05. The van der Waals surface area contributed by atoms with Crippen LogP contribution < -0.4 is 10.1 Å². The minimum absolute atomic E-state index is 0.528. The van der Waals surface area contributed by atoms with Crippen LogP contribution in [0, 0.1) is 3.57 Å². The largest absolute Gasteiger partial charge is 0.487 e. The summed E-state index contributed by atoms with van der Waals surface area (Å²) in [5.74, 6) is 0.889. The minimum Gasteiger partial charge on any atom is -0.487 e. The maximum atomic E-state index is 5.68. The highest BCUT2D eigenvalue weighted by Gasteiger charge is 2.02. The van der Waals surface area contributed by atoms with Gasteiger partial charge < -0.3 is 10.1 Å². The molecule has 0 saturated heterocycles. The lowest BCUT2D eigenvalue weighted by atomic mass is 10.3. The van der Waals surface area contributed by atoms with E-state index in [9.17, 15) is 0 Å². The zero-order valence-electron chi connectivity index (χ0n) is 9.44. The van der Waals surface area contributed by atoms with Crippen LogP contribution in [0.1, 0.15) is 10.7 Å². The highest BCUT2D eigenvalue weighted by Crippen LogP contribution is 2.17. The number of halogens is 1. The summed E-state index contributed by atoms with van der Waals surface area (Å²) in [5.41, 5.74) is 0.985. The van der Waals surface area contributed by atoms with E-state index >= 15 is 0 Å². The standard InChI is InChI=1S/C12H13IN2OS/c1-14-6-12-15-10(8-17-12)7-16-11-4-2-3-9(13)5-11/h2-5,8,14H,6-7H2,1H3. The first-order valence-electron chi connectivity index (χ1n) is 5.24. The maximum Gasteiger partial charge on any atom is 0.131 e. The Morgan fingerprint density at radius 3 is 3.12 bits per heavy atom. The summed E-state index contributed by atoms with van der Waals surface area (Å²) in [6, 6.07) is 8.01. The Bertz CT molecular complexity index is 487. The van der Waals surface area contributed by atoms with Gasteiger partial charge in [-0.3, -0.25) is 0 Å². The van der Waals surface area contributed by atoms with E-state index in [0.717, 1.165) is 23.0 Å². The van der Waals surface area contributed by atoms with Gasteiger partial charge in [-0.25, -0.2) is 4.98 Å². The van der Waals surface area contributed by atoms with Gasteiger partial charge in [0.15, 0.2) is 0 Å². The van der Waals surface area contributed by atoms with Gasteiger partial charge in [0.2, 0.25) is 0 Å². The Labute approximate surface area is 118 Å². The molecular weight excluding hydrogens is 347 g/mol. The lowest BCUT2D eigenvalue weighted by molar-refractivity contribution is 0.301. The first-order chi connectivity index (χ1) is 8.28. The molecule has 0 spiro atoms. The molecule has 1 aromatic carbocycles. The second-order valence-corrected chi connectivity index (χ2v) is 5.70. The van der Waals surface area contributed by atoms with Crippen molar-refractivity contribution < 1.29 is 4.74 Å². The number of nitrogens with zero attached hydrogens (tertiary/aromatic N) is 1. The molecule has 2 rings (SSSR count). The van der Waals surface area contributed by atoms with E-state index < -0.39 is 0 Å². The van der Waals surface area contributed by atoms with Gasteiger partial charge in [0, 0.05) is 15.5 Å². The molecule has 0 aliphatic rings. The second kappa shape index (κ2) is 6.32. The first kappa shape index (κ1) is 12.8. The number of aromatic nitrogens is 1. The van der Waals surface area contributed by atoms with E-state index in [1.165, 1.54) is 3.57 Å². The topological polar surface area (TPSA) is 34.2 Å². The SMILES string of the molecule is CNCc1nc(COc2cccc(I)c2)cs1. The molecule has 90 valence electrons. The Morgan fingerprint density at radius 1 is 1.47 bits per heavy atom. The van der Waals surface area contributed by atoms with E-state index in [0.29, 0.717) is 6.61 Å². The minimum atomic E-state index is 0.528. The third-order valence-electron chi connectivity index (χ3n) is 2.11. The van der Waals surface area contributed by atoms with Crippen LogP contribution in [-0.4, -0.2) is 12.0 Å². The van der Waals surface area contributed by atoms with Crippen molar-refractivity contribution in [3.63, 3.8) is 0 Å². The van der Waals surface area contributed by atoms with Crippen LogP contribution in [0.5, 0.6) is 5.75 Å². The summed E-state index contributed by atoms with van der Waals surface area (Å²) in [6.07, 6.45) is 0. The van der Waals surface area contributed by atoms with Crippen LogP contribution in [-0.2, 0) is 13.2 Å². The Morgan fingerprint density at radius 2 is 2.35 bits per heavy atom. The number of rotatable bonds is 5. The summed E-state index contributed by atoms with van der Waals surface area (Å²) in [5, 5.41) is 6.22. The van der Waals surface area contributed by atoms with Crippen LogP contribution in [0.2, 0.25) is 0 Å². The summed E-state index contributed by atoms with van der Waals surface area (Å²) >= 11 is 3.93.